The second-order valence-corrected chi connectivity index (χ2v) is 1.83. The largest absolute Gasteiger partial charge is 0.342 e. The first-order valence-electron chi connectivity index (χ1n) is 3.73. The second kappa shape index (κ2) is 7.01. The minimum atomic E-state index is -2.63. The number of alkyl halides is 2. The molecule has 0 rings (SSSR count). The van der Waals surface area contributed by atoms with E-state index in [1.807, 2.05) is 0 Å². The van der Waals surface area contributed by atoms with Gasteiger partial charge in [0.15, 0.2) is 0 Å². The van der Waals surface area contributed by atoms with Crippen molar-refractivity contribution in [1.29, 1.82) is 0 Å². The van der Waals surface area contributed by atoms with E-state index in [9.17, 15) is 8.78 Å². The van der Waals surface area contributed by atoms with E-state index in [-0.39, 0.29) is 0 Å². The lowest BCUT2D eigenvalue weighted by Crippen LogP contribution is -2.15. The fourth-order valence-corrected chi connectivity index (χ4v) is 0.565. The molecule has 0 aromatic carbocycles. The standard InChI is InChI=1S/C8H12F2O2/c1-3-11-8(12-4-2)6-5-7(9)10/h7-8H,3-4H2,1-2H3. The summed E-state index contributed by atoms with van der Waals surface area (Å²) < 4.78 is 33.0. The van der Waals surface area contributed by atoms with Crippen molar-refractivity contribution in [2.45, 2.75) is 26.6 Å². The number of halogens is 2. The highest BCUT2D eigenvalue weighted by molar-refractivity contribution is 5.04. The molecular weight excluding hydrogens is 166 g/mol. The zero-order valence-electron chi connectivity index (χ0n) is 7.14. The van der Waals surface area contributed by atoms with Crippen molar-refractivity contribution in [3.05, 3.63) is 0 Å². The first kappa shape index (κ1) is 11.3. The molecule has 0 spiro atoms. The van der Waals surface area contributed by atoms with Gasteiger partial charge in [-0.05, 0) is 25.7 Å². The molecule has 4 heteroatoms. The van der Waals surface area contributed by atoms with E-state index in [1.54, 1.807) is 19.8 Å². The quantitative estimate of drug-likeness (QED) is 0.481. The maximum absolute atomic E-state index is 11.6. The van der Waals surface area contributed by atoms with E-state index in [0.717, 1.165) is 0 Å². The Hall–Kier alpha value is -0.660. The van der Waals surface area contributed by atoms with Gasteiger partial charge in [0.25, 0.3) is 6.43 Å². The average molecular weight is 178 g/mol. The molecule has 0 radical (unpaired) electrons. The van der Waals surface area contributed by atoms with Crippen LogP contribution in [-0.4, -0.2) is 25.9 Å². The molecule has 0 bridgehead atoms. The zero-order chi connectivity index (χ0) is 9.40. The lowest BCUT2D eigenvalue weighted by molar-refractivity contribution is -0.0972. The van der Waals surface area contributed by atoms with Gasteiger partial charge in [0, 0.05) is 13.2 Å². The van der Waals surface area contributed by atoms with Gasteiger partial charge in [-0.3, -0.25) is 0 Å². The van der Waals surface area contributed by atoms with Gasteiger partial charge in [0.05, 0.1) is 0 Å². The van der Waals surface area contributed by atoms with Crippen LogP contribution < -0.4 is 0 Å². The molecule has 0 heterocycles. The molecule has 0 N–H and O–H groups in total. The van der Waals surface area contributed by atoms with Crippen molar-refractivity contribution in [3.63, 3.8) is 0 Å². The first-order valence-corrected chi connectivity index (χ1v) is 3.73. The minimum Gasteiger partial charge on any atom is -0.342 e. The topological polar surface area (TPSA) is 18.5 Å². The van der Waals surface area contributed by atoms with Crippen LogP contribution in [0.4, 0.5) is 8.78 Å². The maximum Gasteiger partial charge on any atom is 0.299 e. The van der Waals surface area contributed by atoms with Gasteiger partial charge in [0.1, 0.15) is 0 Å². The number of hydrogen-bond donors (Lipinski definition) is 0. The van der Waals surface area contributed by atoms with E-state index >= 15 is 0 Å². The van der Waals surface area contributed by atoms with Crippen LogP contribution in [0, 0.1) is 11.8 Å². The molecule has 0 aliphatic carbocycles. The van der Waals surface area contributed by atoms with E-state index < -0.39 is 12.7 Å². The van der Waals surface area contributed by atoms with Crippen LogP contribution in [0.15, 0.2) is 0 Å². The average Bonchev–Trinajstić information content (AvgIpc) is 2.01. The molecular formula is C8H12F2O2. The highest BCUT2D eigenvalue weighted by Gasteiger charge is 2.02. The SMILES string of the molecule is CCOC(C#CC(F)F)OCC. The summed E-state index contributed by atoms with van der Waals surface area (Å²) in [5.74, 6) is 3.86. The Bertz CT molecular complexity index is 154. The maximum atomic E-state index is 11.6. The molecule has 2 nitrogen and oxygen atoms in total. The Morgan fingerprint density at radius 2 is 1.58 bits per heavy atom. The highest BCUT2D eigenvalue weighted by atomic mass is 19.3. The Morgan fingerprint density at radius 3 is 1.92 bits per heavy atom. The van der Waals surface area contributed by atoms with Crippen molar-refractivity contribution in [3.8, 4) is 11.8 Å². The summed E-state index contributed by atoms with van der Waals surface area (Å²) in [6, 6.07) is 0. The summed E-state index contributed by atoms with van der Waals surface area (Å²) in [5, 5.41) is 0. The molecule has 0 saturated heterocycles. The lowest BCUT2D eigenvalue weighted by Gasteiger charge is -2.09. The lowest BCUT2D eigenvalue weighted by atomic mass is 10.5. The van der Waals surface area contributed by atoms with Gasteiger partial charge in [-0.15, -0.1) is 0 Å². The van der Waals surface area contributed by atoms with Crippen LogP contribution in [0.2, 0.25) is 0 Å². The number of rotatable bonds is 4. The predicted molar refractivity (Wildman–Crippen MR) is 40.8 cm³/mol. The van der Waals surface area contributed by atoms with Crippen molar-refractivity contribution in [2.75, 3.05) is 13.2 Å². The van der Waals surface area contributed by atoms with Crippen LogP contribution in [0.5, 0.6) is 0 Å². The Balaban J connectivity index is 3.87. The summed E-state index contributed by atoms with van der Waals surface area (Å²) in [6.07, 6.45) is -3.46. The summed E-state index contributed by atoms with van der Waals surface area (Å²) in [5.41, 5.74) is 0. The van der Waals surface area contributed by atoms with Gasteiger partial charge in [-0.25, -0.2) is 0 Å². The molecule has 12 heavy (non-hydrogen) atoms. The van der Waals surface area contributed by atoms with Crippen LogP contribution in [0.25, 0.3) is 0 Å². The van der Waals surface area contributed by atoms with Gasteiger partial charge >= 0.3 is 0 Å². The molecule has 0 atom stereocenters. The third kappa shape index (κ3) is 6.08. The molecule has 0 aliphatic rings. The monoisotopic (exact) mass is 178 g/mol. The molecule has 0 saturated carbocycles. The molecule has 70 valence electrons. The van der Waals surface area contributed by atoms with Crippen LogP contribution >= 0.6 is 0 Å². The first-order chi connectivity index (χ1) is 5.70. The van der Waals surface area contributed by atoms with Crippen molar-refractivity contribution >= 4 is 0 Å². The number of hydrogen-bond acceptors (Lipinski definition) is 2. The highest BCUT2D eigenvalue weighted by Crippen LogP contribution is 1.94. The minimum absolute atomic E-state index is 0.391. The normalized spacial score (nSPS) is 10.2. The van der Waals surface area contributed by atoms with E-state index in [4.69, 9.17) is 9.47 Å². The molecule has 0 aromatic heterocycles. The van der Waals surface area contributed by atoms with Crippen LogP contribution in [-0.2, 0) is 9.47 Å². The fraction of sp³-hybridized carbons (Fsp3) is 0.750. The van der Waals surface area contributed by atoms with Crippen molar-refractivity contribution in [1.82, 2.24) is 0 Å². The van der Waals surface area contributed by atoms with Crippen molar-refractivity contribution in [2.24, 2.45) is 0 Å². The molecule has 0 amide bonds. The summed E-state index contributed by atoms with van der Waals surface area (Å²) >= 11 is 0. The van der Waals surface area contributed by atoms with E-state index in [0.29, 0.717) is 13.2 Å². The summed E-state index contributed by atoms with van der Waals surface area (Å²) in [4.78, 5) is 0. The molecule has 0 fully saturated rings. The number of ether oxygens (including phenoxy) is 2. The van der Waals surface area contributed by atoms with Gasteiger partial charge < -0.3 is 9.47 Å². The van der Waals surface area contributed by atoms with Gasteiger partial charge in [0.2, 0.25) is 6.29 Å². The molecule has 0 aromatic rings. The summed E-state index contributed by atoms with van der Waals surface area (Å²) in [7, 11) is 0. The zero-order valence-corrected chi connectivity index (χ0v) is 7.14. The predicted octanol–water partition coefficient (Wildman–Crippen LogP) is 1.65. The molecule has 0 unspecified atom stereocenters. The fourth-order valence-electron chi connectivity index (χ4n) is 0.565. The van der Waals surface area contributed by atoms with E-state index in [2.05, 4.69) is 5.92 Å². The van der Waals surface area contributed by atoms with Crippen LogP contribution in [0.3, 0.4) is 0 Å². The Morgan fingerprint density at radius 1 is 1.08 bits per heavy atom. The molecule has 0 aliphatic heterocycles. The summed E-state index contributed by atoms with van der Waals surface area (Å²) in [6.45, 7) is 4.28. The van der Waals surface area contributed by atoms with Crippen molar-refractivity contribution < 1.29 is 18.3 Å². The van der Waals surface area contributed by atoms with E-state index in [1.165, 1.54) is 0 Å². The third-order valence-corrected chi connectivity index (χ3v) is 0.946. The van der Waals surface area contributed by atoms with Crippen LogP contribution in [0.1, 0.15) is 13.8 Å². The Labute approximate surface area is 70.9 Å². The smallest absolute Gasteiger partial charge is 0.299 e. The van der Waals surface area contributed by atoms with Gasteiger partial charge in [-0.1, -0.05) is 0 Å². The second-order valence-electron chi connectivity index (χ2n) is 1.83. The van der Waals surface area contributed by atoms with Gasteiger partial charge in [-0.2, -0.15) is 8.78 Å². The third-order valence-electron chi connectivity index (χ3n) is 0.946. The Kier molecular flexibility index (Phi) is 6.63.